The fourth-order valence-corrected chi connectivity index (χ4v) is 6.34. The smallest absolute Gasteiger partial charge is 0.135 e. The minimum absolute atomic E-state index is 0.309. The van der Waals surface area contributed by atoms with Crippen LogP contribution in [-0.2, 0) is 0 Å². The molecule has 7 nitrogen and oxygen atoms in total. The third kappa shape index (κ3) is 6.91. The van der Waals surface area contributed by atoms with Crippen LogP contribution in [0.25, 0.3) is 50.2 Å². The highest BCUT2D eigenvalue weighted by atomic mass is 19.1. The zero-order valence-electron chi connectivity index (χ0n) is 26.5. The van der Waals surface area contributed by atoms with Crippen molar-refractivity contribution in [2.45, 2.75) is 45.4 Å². The lowest BCUT2D eigenvalue weighted by Gasteiger charge is -2.22. The van der Waals surface area contributed by atoms with Crippen LogP contribution in [0.1, 0.15) is 51.1 Å². The summed E-state index contributed by atoms with van der Waals surface area (Å²) in [6.07, 6.45) is 15.8. The number of aromatic amines is 2. The second-order valence-electron chi connectivity index (χ2n) is 12.3. The minimum atomic E-state index is -0.309. The molecule has 1 aromatic carbocycles. The first-order valence-electron chi connectivity index (χ1n) is 15.9. The Kier molecular flexibility index (Phi) is 9.21. The van der Waals surface area contributed by atoms with E-state index in [1.165, 1.54) is 49.8 Å². The standard InChI is InChI=1S/C37H42FN7/c1-5-24(18-25-10-8-7-9-11-25)19-26(6-2)31-12-13-33-36(42-31)37(44-43-33)34-23-30-32(41-34)14-15-40-35(30)27-20-28(38)22-29(21-27)39-16-17-45(3)4/h5-6,12-15,19-23,25,39,41H,1,7-11,16-18H2,2-4H3,(H,43,44)/b24-19+,26-6+. The Labute approximate surface area is 264 Å². The highest BCUT2D eigenvalue weighted by Crippen LogP contribution is 2.35. The molecule has 45 heavy (non-hydrogen) atoms. The number of hydrogen-bond donors (Lipinski definition) is 3. The van der Waals surface area contributed by atoms with Crippen molar-refractivity contribution >= 4 is 33.2 Å². The Balaban J connectivity index is 1.33. The first kappa shape index (κ1) is 30.5. The molecule has 0 atom stereocenters. The van der Waals surface area contributed by atoms with E-state index in [1.807, 2.05) is 50.5 Å². The molecule has 232 valence electrons. The van der Waals surface area contributed by atoms with Gasteiger partial charge in [-0.2, -0.15) is 5.10 Å². The van der Waals surface area contributed by atoms with E-state index >= 15 is 0 Å². The summed E-state index contributed by atoms with van der Waals surface area (Å²) in [6.45, 7) is 7.72. The van der Waals surface area contributed by atoms with Gasteiger partial charge in [0.15, 0.2) is 0 Å². The fourth-order valence-electron chi connectivity index (χ4n) is 6.34. The minimum Gasteiger partial charge on any atom is -0.384 e. The normalized spacial score (nSPS) is 15.0. The van der Waals surface area contributed by atoms with Gasteiger partial charge < -0.3 is 15.2 Å². The molecule has 3 N–H and O–H groups in total. The number of likely N-dealkylation sites (N-methyl/N-ethyl adjacent to an activating group) is 1. The average molecular weight is 604 g/mol. The van der Waals surface area contributed by atoms with E-state index in [2.05, 4.69) is 56.0 Å². The molecule has 1 aliphatic carbocycles. The number of benzene rings is 1. The van der Waals surface area contributed by atoms with Crippen molar-refractivity contribution in [3.8, 4) is 22.6 Å². The SMILES string of the molecule is C=C/C(=C\C(=C/C)c1ccc2[nH]nc(-c3cc4c(-c5cc(F)cc(NCCN(C)C)c5)nccc4[nH]3)c2n1)CC1CCCCC1. The second-order valence-corrected chi connectivity index (χ2v) is 12.3. The van der Waals surface area contributed by atoms with E-state index in [4.69, 9.17) is 4.98 Å². The number of halogens is 1. The van der Waals surface area contributed by atoms with Crippen LogP contribution in [0.15, 0.2) is 79.0 Å². The summed E-state index contributed by atoms with van der Waals surface area (Å²) in [5, 5.41) is 12.0. The van der Waals surface area contributed by atoms with Crippen molar-refractivity contribution in [2.24, 2.45) is 5.92 Å². The van der Waals surface area contributed by atoms with Crippen molar-refractivity contribution in [3.05, 3.63) is 90.6 Å². The van der Waals surface area contributed by atoms with Crippen molar-refractivity contribution in [2.75, 3.05) is 32.5 Å². The Hall–Kier alpha value is -4.56. The van der Waals surface area contributed by atoms with Crippen LogP contribution in [0.4, 0.5) is 10.1 Å². The predicted octanol–water partition coefficient (Wildman–Crippen LogP) is 8.77. The van der Waals surface area contributed by atoms with Gasteiger partial charge in [-0.05, 0) is 93.0 Å². The van der Waals surface area contributed by atoms with E-state index < -0.39 is 0 Å². The lowest BCUT2D eigenvalue weighted by molar-refractivity contribution is 0.358. The summed E-state index contributed by atoms with van der Waals surface area (Å²) in [6, 6.07) is 13.0. The summed E-state index contributed by atoms with van der Waals surface area (Å²) in [5.41, 5.74) is 9.43. The number of nitrogens with one attached hydrogen (secondary N) is 3. The molecule has 0 unspecified atom stereocenters. The molecule has 0 aliphatic heterocycles. The molecule has 0 bridgehead atoms. The molecular formula is C37H42FN7. The van der Waals surface area contributed by atoms with Gasteiger partial charge in [0.2, 0.25) is 0 Å². The highest BCUT2D eigenvalue weighted by molar-refractivity contribution is 5.99. The van der Waals surface area contributed by atoms with Gasteiger partial charge in [0.1, 0.15) is 17.0 Å². The number of allylic oxidation sites excluding steroid dienone is 5. The number of hydrogen-bond acceptors (Lipinski definition) is 5. The van der Waals surface area contributed by atoms with Gasteiger partial charge in [0, 0.05) is 41.4 Å². The van der Waals surface area contributed by atoms with E-state index in [9.17, 15) is 4.39 Å². The maximum atomic E-state index is 14.7. The summed E-state index contributed by atoms with van der Waals surface area (Å²) >= 11 is 0. The van der Waals surface area contributed by atoms with Crippen LogP contribution in [0.2, 0.25) is 0 Å². The molecule has 1 saturated carbocycles. The van der Waals surface area contributed by atoms with E-state index in [1.54, 1.807) is 6.20 Å². The van der Waals surface area contributed by atoms with Crippen molar-refractivity contribution in [1.82, 2.24) is 30.0 Å². The quantitative estimate of drug-likeness (QED) is 0.131. The van der Waals surface area contributed by atoms with Crippen molar-refractivity contribution in [3.63, 3.8) is 0 Å². The van der Waals surface area contributed by atoms with Gasteiger partial charge in [-0.15, -0.1) is 0 Å². The molecule has 0 radical (unpaired) electrons. The lowest BCUT2D eigenvalue weighted by atomic mass is 9.84. The fraction of sp³-hybridized carbons (Fsp3) is 0.324. The largest absolute Gasteiger partial charge is 0.384 e. The molecular weight excluding hydrogens is 561 g/mol. The number of fused-ring (bicyclic) bond motifs is 2. The van der Waals surface area contributed by atoms with E-state index in [0.29, 0.717) is 17.8 Å². The predicted molar refractivity (Wildman–Crippen MR) is 185 cm³/mol. The van der Waals surface area contributed by atoms with Gasteiger partial charge in [0.05, 0.1) is 22.6 Å². The van der Waals surface area contributed by atoms with Crippen LogP contribution in [0.5, 0.6) is 0 Å². The molecule has 0 saturated heterocycles. The Morgan fingerprint density at radius 3 is 2.69 bits per heavy atom. The molecule has 0 spiro atoms. The van der Waals surface area contributed by atoms with E-state index in [0.717, 1.165) is 69.2 Å². The number of nitrogens with zero attached hydrogens (tertiary/aromatic N) is 4. The first-order chi connectivity index (χ1) is 21.9. The number of aromatic nitrogens is 5. The third-order valence-electron chi connectivity index (χ3n) is 8.73. The van der Waals surface area contributed by atoms with Crippen LogP contribution in [0, 0.1) is 11.7 Å². The summed E-state index contributed by atoms with van der Waals surface area (Å²) in [4.78, 5) is 15.3. The maximum Gasteiger partial charge on any atom is 0.135 e. The molecule has 1 aliphatic rings. The zero-order chi connectivity index (χ0) is 31.3. The van der Waals surface area contributed by atoms with Gasteiger partial charge >= 0.3 is 0 Å². The average Bonchev–Trinajstić information content (AvgIpc) is 3.67. The lowest BCUT2D eigenvalue weighted by Crippen LogP contribution is -2.20. The molecule has 6 rings (SSSR count). The second kappa shape index (κ2) is 13.6. The summed E-state index contributed by atoms with van der Waals surface area (Å²) in [7, 11) is 4.03. The van der Waals surface area contributed by atoms with Crippen molar-refractivity contribution < 1.29 is 4.39 Å². The zero-order valence-corrected chi connectivity index (χ0v) is 26.5. The molecule has 8 heteroatoms. The molecule has 4 heterocycles. The monoisotopic (exact) mass is 603 g/mol. The van der Waals surface area contributed by atoms with Crippen LogP contribution >= 0.6 is 0 Å². The van der Waals surface area contributed by atoms with Crippen molar-refractivity contribution in [1.29, 1.82) is 0 Å². The number of H-pyrrole nitrogens is 2. The van der Waals surface area contributed by atoms with Crippen LogP contribution in [0.3, 0.4) is 0 Å². The maximum absolute atomic E-state index is 14.7. The number of pyridine rings is 2. The third-order valence-corrected chi connectivity index (χ3v) is 8.73. The Morgan fingerprint density at radius 1 is 1.07 bits per heavy atom. The topological polar surface area (TPSA) is 85.5 Å². The Bertz CT molecular complexity index is 1870. The molecule has 5 aromatic rings. The highest BCUT2D eigenvalue weighted by Gasteiger charge is 2.18. The van der Waals surface area contributed by atoms with Crippen LogP contribution < -0.4 is 5.32 Å². The number of anilines is 1. The van der Waals surface area contributed by atoms with Gasteiger partial charge in [-0.1, -0.05) is 50.8 Å². The summed E-state index contributed by atoms with van der Waals surface area (Å²) in [5.74, 6) is 0.424. The Morgan fingerprint density at radius 2 is 1.91 bits per heavy atom. The molecule has 0 amide bonds. The first-order valence-corrected chi connectivity index (χ1v) is 15.9. The van der Waals surface area contributed by atoms with Gasteiger partial charge in [-0.25, -0.2) is 9.37 Å². The van der Waals surface area contributed by atoms with Gasteiger partial charge in [-0.3, -0.25) is 10.1 Å². The number of rotatable bonds is 11. The van der Waals surface area contributed by atoms with E-state index in [-0.39, 0.29) is 5.82 Å². The van der Waals surface area contributed by atoms with Crippen LogP contribution in [-0.4, -0.2) is 57.2 Å². The van der Waals surface area contributed by atoms with Gasteiger partial charge in [0.25, 0.3) is 0 Å². The molecule has 1 fully saturated rings. The summed E-state index contributed by atoms with van der Waals surface area (Å²) < 4.78 is 14.7. The molecule has 4 aromatic heterocycles.